The number of methoxy groups -OCH3 is 1. The molecule has 1 unspecified atom stereocenters. The molecule has 1 aliphatic rings. The maximum absolute atomic E-state index is 12.7. The minimum atomic E-state index is -0.675. The first kappa shape index (κ1) is 15.9. The molecular weight excluding hydrogens is 288 g/mol. The standard InChI is InChI=1S/C15H18N2O5/c1-10-6-5-7-11(13(10)17(20)21)14(18)16-9-4-3-8-12(16)15(19)22-2/h5-7,12H,3-4,8-9H2,1-2H3. The molecule has 2 rings (SSSR count). The van der Waals surface area contributed by atoms with E-state index in [-0.39, 0.29) is 11.3 Å². The molecule has 7 heteroatoms. The predicted molar refractivity (Wildman–Crippen MR) is 78.5 cm³/mol. The molecule has 0 bridgehead atoms. The highest BCUT2D eigenvalue weighted by atomic mass is 16.6. The van der Waals surface area contributed by atoms with Crippen molar-refractivity contribution >= 4 is 17.6 Å². The zero-order valence-electron chi connectivity index (χ0n) is 12.6. The highest BCUT2D eigenvalue weighted by Crippen LogP contribution is 2.27. The van der Waals surface area contributed by atoms with Crippen LogP contribution in [0, 0.1) is 17.0 Å². The minimum absolute atomic E-state index is 0.0146. The first-order valence-electron chi connectivity index (χ1n) is 7.10. The van der Waals surface area contributed by atoms with Crippen LogP contribution >= 0.6 is 0 Å². The fourth-order valence-electron chi connectivity index (χ4n) is 2.78. The summed E-state index contributed by atoms with van der Waals surface area (Å²) in [7, 11) is 1.27. The van der Waals surface area contributed by atoms with Gasteiger partial charge in [-0.1, -0.05) is 12.1 Å². The van der Waals surface area contributed by atoms with E-state index in [1.54, 1.807) is 19.1 Å². The van der Waals surface area contributed by atoms with Gasteiger partial charge >= 0.3 is 5.97 Å². The summed E-state index contributed by atoms with van der Waals surface area (Å²) < 4.78 is 4.74. The van der Waals surface area contributed by atoms with Crippen molar-refractivity contribution in [1.29, 1.82) is 0 Å². The second kappa shape index (κ2) is 6.55. The molecule has 7 nitrogen and oxygen atoms in total. The molecule has 1 atom stereocenters. The van der Waals surface area contributed by atoms with Crippen LogP contribution in [0.1, 0.15) is 35.2 Å². The molecule has 1 aliphatic heterocycles. The Morgan fingerprint density at radius 2 is 2.09 bits per heavy atom. The molecule has 0 saturated carbocycles. The summed E-state index contributed by atoms with van der Waals surface area (Å²) in [4.78, 5) is 36.6. The Bertz CT molecular complexity index is 614. The maximum atomic E-state index is 12.7. The topological polar surface area (TPSA) is 89.8 Å². The summed E-state index contributed by atoms with van der Waals surface area (Å²) in [5, 5.41) is 11.2. The molecule has 0 aliphatic carbocycles. The highest BCUT2D eigenvalue weighted by Gasteiger charge is 2.36. The Morgan fingerprint density at radius 3 is 2.73 bits per heavy atom. The van der Waals surface area contributed by atoms with Gasteiger partial charge in [0.05, 0.1) is 12.0 Å². The van der Waals surface area contributed by atoms with Crippen molar-refractivity contribution < 1.29 is 19.2 Å². The van der Waals surface area contributed by atoms with Crippen molar-refractivity contribution in [3.63, 3.8) is 0 Å². The van der Waals surface area contributed by atoms with Crippen LogP contribution in [0.15, 0.2) is 18.2 Å². The van der Waals surface area contributed by atoms with Crippen LogP contribution in [-0.2, 0) is 9.53 Å². The molecule has 1 saturated heterocycles. The number of benzene rings is 1. The lowest BCUT2D eigenvalue weighted by molar-refractivity contribution is -0.385. The number of carbonyl (C=O) groups is 2. The number of likely N-dealkylation sites (tertiary alicyclic amines) is 1. The van der Waals surface area contributed by atoms with E-state index in [0.717, 1.165) is 12.8 Å². The lowest BCUT2D eigenvalue weighted by atomic mass is 9.99. The van der Waals surface area contributed by atoms with E-state index < -0.39 is 22.8 Å². The number of hydrogen-bond acceptors (Lipinski definition) is 5. The third kappa shape index (κ3) is 2.93. The van der Waals surface area contributed by atoms with Gasteiger partial charge in [0.15, 0.2) is 0 Å². The van der Waals surface area contributed by atoms with E-state index in [9.17, 15) is 19.7 Å². The average Bonchev–Trinajstić information content (AvgIpc) is 2.52. The first-order chi connectivity index (χ1) is 10.5. The van der Waals surface area contributed by atoms with Crippen LogP contribution in [-0.4, -0.2) is 41.4 Å². The molecule has 0 spiro atoms. The number of nitrogens with zero attached hydrogens (tertiary/aromatic N) is 2. The lowest BCUT2D eigenvalue weighted by Crippen LogP contribution is -2.48. The largest absolute Gasteiger partial charge is 0.467 e. The number of esters is 1. The Morgan fingerprint density at radius 1 is 1.36 bits per heavy atom. The second-order valence-corrected chi connectivity index (χ2v) is 5.26. The molecule has 0 aromatic heterocycles. The lowest BCUT2D eigenvalue weighted by Gasteiger charge is -2.33. The number of aryl methyl sites for hydroxylation is 1. The van der Waals surface area contributed by atoms with Crippen molar-refractivity contribution in [1.82, 2.24) is 4.90 Å². The van der Waals surface area contributed by atoms with Crippen molar-refractivity contribution in [2.45, 2.75) is 32.2 Å². The third-order valence-electron chi connectivity index (χ3n) is 3.89. The molecule has 1 amide bonds. The molecule has 1 heterocycles. The van der Waals surface area contributed by atoms with E-state index >= 15 is 0 Å². The molecule has 1 aromatic rings. The van der Waals surface area contributed by atoms with Gasteiger partial charge in [0.2, 0.25) is 0 Å². The van der Waals surface area contributed by atoms with Crippen LogP contribution < -0.4 is 0 Å². The summed E-state index contributed by atoms with van der Waals surface area (Å²) in [5.74, 6) is -0.978. The van der Waals surface area contributed by atoms with Gasteiger partial charge in [0.1, 0.15) is 11.6 Å². The Balaban J connectivity index is 2.40. The van der Waals surface area contributed by atoms with Crippen LogP contribution in [0.25, 0.3) is 0 Å². The van der Waals surface area contributed by atoms with Crippen molar-refractivity contribution in [2.75, 3.05) is 13.7 Å². The fourth-order valence-corrected chi connectivity index (χ4v) is 2.78. The van der Waals surface area contributed by atoms with Gasteiger partial charge in [-0.15, -0.1) is 0 Å². The number of carbonyl (C=O) groups excluding carboxylic acids is 2. The number of piperidine rings is 1. The number of para-hydroxylation sites is 1. The van der Waals surface area contributed by atoms with Gasteiger partial charge in [0, 0.05) is 12.1 Å². The Kier molecular flexibility index (Phi) is 4.75. The highest BCUT2D eigenvalue weighted by molar-refractivity contribution is 6.00. The quantitative estimate of drug-likeness (QED) is 0.484. The summed E-state index contributed by atoms with van der Waals surface area (Å²) in [6.07, 6.45) is 2.09. The van der Waals surface area contributed by atoms with Crippen LogP contribution in [0.2, 0.25) is 0 Å². The normalized spacial score (nSPS) is 17.9. The van der Waals surface area contributed by atoms with E-state index in [0.29, 0.717) is 18.5 Å². The second-order valence-electron chi connectivity index (χ2n) is 5.26. The van der Waals surface area contributed by atoms with Gasteiger partial charge in [-0.25, -0.2) is 4.79 Å². The van der Waals surface area contributed by atoms with Gasteiger partial charge < -0.3 is 9.64 Å². The summed E-state index contributed by atoms with van der Waals surface area (Å²) in [6.45, 7) is 1.98. The van der Waals surface area contributed by atoms with E-state index in [1.165, 1.54) is 18.1 Å². The van der Waals surface area contributed by atoms with Gasteiger partial charge in [0.25, 0.3) is 11.6 Å². The number of rotatable bonds is 3. The van der Waals surface area contributed by atoms with E-state index in [2.05, 4.69) is 0 Å². The van der Waals surface area contributed by atoms with Crippen molar-refractivity contribution in [2.24, 2.45) is 0 Å². The maximum Gasteiger partial charge on any atom is 0.328 e. The Hall–Kier alpha value is -2.44. The van der Waals surface area contributed by atoms with Crippen LogP contribution in [0.5, 0.6) is 0 Å². The van der Waals surface area contributed by atoms with Crippen molar-refractivity contribution in [3.8, 4) is 0 Å². The molecule has 1 aromatic carbocycles. The summed E-state index contributed by atoms with van der Waals surface area (Å²) in [6, 6.07) is 3.94. The number of nitro groups is 1. The molecule has 22 heavy (non-hydrogen) atoms. The predicted octanol–water partition coefficient (Wildman–Crippen LogP) is 2.07. The van der Waals surface area contributed by atoms with Gasteiger partial charge in [-0.2, -0.15) is 0 Å². The van der Waals surface area contributed by atoms with Gasteiger partial charge in [-0.05, 0) is 32.3 Å². The number of ether oxygens (including phenoxy) is 1. The summed E-state index contributed by atoms with van der Waals surface area (Å²) >= 11 is 0. The average molecular weight is 306 g/mol. The molecular formula is C15H18N2O5. The molecule has 1 fully saturated rings. The number of amides is 1. The zero-order valence-corrected chi connectivity index (χ0v) is 12.6. The minimum Gasteiger partial charge on any atom is -0.467 e. The molecule has 0 radical (unpaired) electrons. The monoisotopic (exact) mass is 306 g/mol. The summed E-state index contributed by atoms with van der Waals surface area (Å²) in [5.41, 5.74) is 0.227. The van der Waals surface area contributed by atoms with Gasteiger partial charge in [-0.3, -0.25) is 14.9 Å². The van der Waals surface area contributed by atoms with E-state index in [1.807, 2.05) is 0 Å². The first-order valence-corrected chi connectivity index (χ1v) is 7.10. The molecule has 118 valence electrons. The van der Waals surface area contributed by atoms with Crippen molar-refractivity contribution in [3.05, 3.63) is 39.4 Å². The SMILES string of the molecule is COC(=O)C1CCCCN1C(=O)c1cccc(C)c1[N+](=O)[O-]. The van der Waals surface area contributed by atoms with Crippen LogP contribution in [0.3, 0.4) is 0 Å². The third-order valence-corrected chi connectivity index (χ3v) is 3.89. The smallest absolute Gasteiger partial charge is 0.328 e. The van der Waals surface area contributed by atoms with E-state index in [4.69, 9.17) is 4.74 Å². The zero-order chi connectivity index (χ0) is 16.3. The fraction of sp³-hybridized carbons (Fsp3) is 0.467. The molecule has 0 N–H and O–H groups in total. The Labute approximate surface area is 128 Å². The number of hydrogen-bond donors (Lipinski definition) is 0. The number of nitro benzene ring substituents is 1. The van der Waals surface area contributed by atoms with Crippen LogP contribution in [0.4, 0.5) is 5.69 Å².